The zero-order valence-electron chi connectivity index (χ0n) is 9.05. The molecule has 4 aromatic rings. The minimum absolute atomic E-state index is 0.388. The fraction of sp³-hybridized carbons (Fsp3) is 0. The van der Waals surface area contributed by atoms with Crippen molar-refractivity contribution in [2.24, 2.45) is 0 Å². The first-order valence-electron chi connectivity index (χ1n) is 5.58. The Kier molecular flexibility index (Phi) is 1.90. The number of hydrogen-bond acceptors (Lipinski definition) is 1. The van der Waals surface area contributed by atoms with Gasteiger partial charge in [0.25, 0.3) is 0 Å². The molecule has 1 aromatic heterocycles. The minimum atomic E-state index is 0.388. The Morgan fingerprint density at radius 1 is 0.706 bits per heavy atom. The summed E-state index contributed by atoms with van der Waals surface area (Å²) < 4.78 is 1.44. The Labute approximate surface area is 104 Å². The molecule has 17 heavy (non-hydrogen) atoms. The Morgan fingerprint density at radius 2 is 1.29 bits per heavy atom. The third-order valence-electron chi connectivity index (χ3n) is 3.21. The number of aromatic nitrogens is 1. The molecule has 0 radical (unpaired) electrons. The van der Waals surface area contributed by atoms with Crippen LogP contribution in [0.4, 0.5) is 0 Å². The van der Waals surface area contributed by atoms with Crippen LogP contribution in [0.2, 0.25) is 0 Å². The van der Waals surface area contributed by atoms with Gasteiger partial charge in [0.2, 0.25) is 0 Å². The number of benzene rings is 3. The topological polar surface area (TPSA) is 12.9 Å². The average molecular weight is 282 g/mol. The molecule has 0 N–H and O–H groups in total. The van der Waals surface area contributed by atoms with Crippen LogP contribution in [0.5, 0.6) is 0 Å². The summed E-state index contributed by atoms with van der Waals surface area (Å²) in [6.45, 7) is 0. The maximum atomic E-state index is 4.58. The van der Waals surface area contributed by atoms with E-state index in [0.29, 0.717) is 14.5 Å². The van der Waals surface area contributed by atoms with E-state index in [-0.39, 0.29) is 0 Å². The third kappa shape index (κ3) is 1.22. The van der Waals surface area contributed by atoms with Gasteiger partial charge in [0, 0.05) is 0 Å². The van der Waals surface area contributed by atoms with Crippen molar-refractivity contribution >= 4 is 45.8 Å². The van der Waals surface area contributed by atoms with Gasteiger partial charge in [0.1, 0.15) is 0 Å². The van der Waals surface area contributed by atoms with E-state index in [1.54, 1.807) is 0 Å². The second-order valence-corrected chi connectivity index (χ2v) is 5.91. The molecule has 0 aliphatic carbocycles. The molecule has 0 amide bonds. The molecular formula is C15H9NSe. The van der Waals surface area contributed by atoms with Crippen molar-refractivity contribution in [1.82, 2.24) is 4.98 Å². The van der Waals surface area contributed by atoms with Gasteiger partial charge in [-0.15, -0.1) is 0 Å². The van der Waals surface area contributed by atoms with Crippen LogP contribution in [0.1, 0.15) is 0 Å². The second-order valence-electron chi connectivity index (χ2n) is 4.12. The predicted molar refractivity (Wildman–Crippen MR) is 73.7 cm³/mol. The van der Waals surface area contributed by atoms with Gasteiger partial charge < -0.3 is 0 Å². The SMILES string of the molecule is c1ccc2c(c1)c1ccccc1c1[se]cnc21. The van der Waals surface area contributed by atoms with Crippen molar-refractivity contribution < 1.29 is 0 Å². The second kappa shape index (κ2) is 3.43. The van der Waals surface area contributed by atoms with Gasteiger partial charge in [-0.05, 0) is 0 Å². The normalized spacial score (nSPS) is 11.5. The predicted octanol–water partition coefficient (Wildman–Crippen LogP) is 3.60. The zero-order chi connectivity index (χ0) is 11.2. The van der Waals surface area contributed by atoms with Crippen LogP contribution in [0.15, 0.2) is 53.6 Å². The molecule has 0 aliphatic heterocycles. The van der Waals surface area contributed by atoms with E-state index in [2.05, 4.69) is 58.6 Å². The molecule has 0 bridgehead atoms. The van der Waals surface area contributed by atoms with Gasteiger partial charge in [-0.1, -0.05) is 0 Å². The van der Waals surface area contributed by atoms with Crippen LogP contribution in [0, 0.1) is 0 Å². The molecule has 0 saturated heterocycles. The summed E-state index contributed by atoms with van der Waals surface area (Å²) in [5.41, 5.74) is 1.19. The molecule has 80 valence electrons. The van der Waals surface area contributed by atoms with Crippen molar-refractivity contribution in [1.29, 1.82) is 0 Å². The first-order chi connectivity index (χ1) is 8.45. The van der Waals surface area contributed by atoms with Gasteiger partial charge in [0.15, 0.2) is 0 Å². The molecule has 4 rings (SSSR count). The van der Waals surface area contributed by atoms with E-state index in [0.717, 1.165) is 0 Å². The molecule has 0 saturated carbocycles. The Morgan fingerprint density at radius 3 is 2.06 bits per heavy atom. The monoisotopic (exact) mass is 283 g/mol. The fourth-order valence-corrected chi connectivity index (χ4v) is 4.24. The molecule has 0 aliphatic rings. The summed E-state index contributed by atoms with van der Waals surface area (Å²) in [5.74, 6) is 0. The van der Waals surface area contributed by atoms with Gasteiger partial charge in [-0.2, -0.15) is 0 Å². The summed E-state index contributed by atoms with van der Waals surface area (Å²) in [5, 5.41) is 7.41. The first kappa shape index (κ1) is 9.40. The van der Waals surface area contributed by atoms with Crippen LogP contribution in [-0.4, -0.2) is 19.5 Å². The zero-order valence-corrected chi connectivity index (χ0v) is 10.8. The number of nitrogens with zero attached hydrogens (tertiary/aromatic N) is 1. The number of rotatable bonds is 0. The van der Waals surface area contributed by atoms with Crippen LogP contribution in [0.25, 0.3) is 31.3 Å². The Balaban J connectivity index is 2.48. The van der Waals surface area contributed by atoms with E-state index in [9.17, 15) is 0 Å². The van der Waals surface area contributed by atoms with Crippen LogP contribution in [0.3, 0.4) is 0 Å². The van der Waals surface area contributed by atoms with Crippen molar-refractivity contribution in [2.45, 2.75) is 0 Å². The van der Waals surface area contributed by atoms with Crippen LogP contribution >= 0.6 is 0 Å². The summed E-state index contributed by atoms with van der Waals surface area (Å²) in [7, 11) is 0. The van der Waals surface area contributed by atoms with Crippen molar-refractivity contribution in [3.63, 3.8) is 0 Å². The van der Waals surface area contributed by atoms with Crippen molar-refractivity contribution in [3.8, 4) is 0 Å². The first-order valence-corrected chi connectivity index (χ1v) is 7.42. The van der Waals surface area contributed by atoms with Gasteiger partial charge in [-0.3, -0.25) is 0 Å². The van der Waals surface area contributed by atoms with E-state index in [1.165, 1.54) is 31.3 Å². The summed E-state index contributed by atoms with van der Waals surface area (Å²) in [4.78, 5) is 4.58. The Hall–Kier alpha value is -1.63. The molecule has 0 unspecified atom stereocenters. The standard InChI is InChI=1S/C15H9NSe/c1-3-7-12-10(5-1)11-6-2-4-8-13(11)15-14(12)16-9-17-15/h1-9H. The molecule has 2 heteroatoms. The van der Waals surface area contributed by atoms with E-state index < -0.39 is 0 Å². The summed E-state index contributed by atoms with van der Waals surface area (Å²) in [6, 6.07) is 17.2. The van der Waals surface area contributed by atoms with E-state index >= 15 is 0 Å². The van der Waals surface area contributed by atoms with Crippen molar-refractivity contribution in [3.05, 3.63) is 53.6 Å². The molecular weight excluding hydrogens is 273 g/mol. The molecule has 1 heterocycles. The average Bonchev–Trinajstić information content (AvgIpc) is 2.89. The summed E-state index contributed by atoms with van der Waals surface area (Å²) in [6.07, 6.45) is 0. The third-order valence-corrected chi connectivity index (χ3v) is 5.02. The van der Waals surface area contributed by atoms with Crippen LogP contribution in [-0.2, 0) is 0 Å². The molecule has 0 spiro atoms. The quantitative estimate of drug-likeness (QED) is 0.355. The van der Waals surface area contributed by atoms with Crippen LogP contribution < -0.4 is 0 Å². The fourth-order valence-electron chi connectivity index (χ4n) is 2.47. The van der Waals surface area contributed by atoms with Gasteiger partial charge >= 0.3 is 104 Å². The Bertz CT molecular complexity index is 775. The molecule has 3 aromatic carbocycles. The molecule has 0 atom stereocenters. The number of fused-ring (bicyclic) bond motifs is 6. The van der Waals surface area contributed by atoms with E-state index in [4.69, 9.17) is 0 Å². The van der Waals surface area contributed by atoms with Gasteiger partial charge in [-0.25, -0.2) is 0 Å². The molecule has 0 fully saturated rings. The summed E-state index contributed by atoms with van der Waals surface area (Å²) >= 11 is 0.388. The maximum absolute atomic E-state index is 4.58. The molecule has 1 nitrogen and oxygen atoms in total. The van der Waals surface area contributed by atoms with E-state index in [1.807, 2.05) is 0 Å². The van der Waals surface area contributed by atoms with Gasteiger partial charge in [0.05, 0.1) is 0 Å². The number of hydrogen-bond donors (Lipinski definition) is 0. The van der Waals surface area contributed by atoms with Crippen molar-refractivity contribution in [2.75, 3.05) is 0 Å².